The molecule has 3 heterocycles. The van der Waals surface area contributed by atoms with Crippen molar-refractivity contribution >= 4 is 33.4 Å². The number of nitrogens with zero attached hydrogens (tertiary/aromatic N) is 5. The van der Waals surface area contributed by atoms with Gasteiger partial charge in [0.25, 0.3) is 5.91 Å². The van der Waals surface area contributed by atoms with E-state index in [-0.39, 0.29) is 5.91 Å². The maximum absolute atomic E-state index is 13.0. The molecule has 0 aliphatic heterocycles. The second kappa shape index (κ2) is 7.85. The van der Waals surface area contributed by atoms with E-state index in [2.05, 4.69) is 27.5 Å². The summed E-state index contributed by atoms with van der Waals surface area (Å²) in [4.78, 5) is 17.8. The molecular formula is C20H20N6OS. The van der Waals surface area contributed by atoms with Crippen LogP contribution in [-0.4, -0.2) is 30.9 Å². The van der Waals surface area contributed by atoms with E-state index in [9.17, 15) is 4.79 Å². The van der Waals surface area contributed by atoms with Crippen molar-refractivity contribution in [1.82, 2.24) is 25.0 Å². The number of benzene rings is 1. The van der Waals surface area contributed by atoms with Crippen LogP contribution >= 0.6 is 11.3 Å². The molecule has 4 rings (SSSR count). The Bertz CT molecular complexity index is 1120. The summed E-state index contributed by atoms with van der Waals surface area (Å²) in [7, 11) is 0. The van der Waals surface area contributed by atoms with Crippen LogP contribution in [0.25, 0.3) is 22.3 Å². The number of carbonyl (C=O) groups excluding carboxylic acids is 1. The van der Waals surface area contributed by atoms with Crippen molar-refractivity contribution < 1.29 is 4.79 Å². The summed E-state index contributed by atoms with van der Waals surface area (Å²) in [5.41, 5.74) is 2.90. The number of fused-ring (bicyclic) bond motifs is 1. The second-order valence-corrected chi connectivity index (χ2v) is 7.39. The summed E-state index contributed by atoms with van der Waals surface area (Å²) >= 11 is 1.41. The van der Waals surface area contributed by atoms with Crippen molar-refractivity contribution in [3.8, 4) is 11.3 Å². The largest absolute Gasteiger partial charge is 0.296 e. The summed E-state index contributed by atoms with van der Waals surface area (Å²) in [5, 5.41) is 17.6. The molecule has 0 unspecified atom stereocenters. The molecule has 0 bridgehead atoms. The van der Waals surface area contributed by atoms with E-state index < -0.39 is 0 Å². The second-order valence-electron chi connectivity index (χ2n) is 6.32. The van der Waals surface area contributed by atoms with E-state index in [1.54, 1.807) is 10.9 Å². The van der Waals surface area contributed by atoms with Crippen molar-refractivity contribution in [3.05, 3.63) is 53.2 Å². The SMILES string of the molecule is CCCc1nnc(NC(=O)c2cc(-c3ccccc3)nc3c2cnn3CC)s1. The van der Waals surface area contributed by atoms with E-state index in [4.69, 9.17) is 4.98 Å². The molecule has 0 spiro atoms. The molecular weight excluding hydrogens is 372 g/mol. The maximum Gasteiger partial charge on any atom is 0.258 e. The number of amides is 1. The molecule has 0 radical (unpaired) electrons. The lowest BCUT2D eigenvalue weighted by Crippen LogP contribution is -2.13. The van der Waals surface area contributed by atoms with Crippen LogP contribution in [0.1, 0.15) is 35.6 Å². The van der Waals surface area contributed by atoms with Crippen molar-refractivity contribution in [3.63, 3.8) is 0 Å². The fraction of sp³-hybridized carbons (Fsp3) is 0.250. The Morgan fingerprint density at radius 3 is 2.75 bits per heavy atom. The zero-order valence-electron chi connectivity index (χ0n) is 15.7. The third-order valence-electron chi connectivity index (χ3n) is 4.37. The Hall–Kier alpha value is -3.13. The highest BCUT2D eigenvalue weighted by molar-refractivity contribution is 7.15. The summed E-state index contributed by atoms with van der Waals surface area (Å²) < 4.78 is 1.79. The van der Waals surface area contributed by atoms with Gasteiger partial charge >= 0.3 is 0 Å². The fourth-order valence-corrected chi connectivity index (χ4v) is 3.84. The maximum atomic E-state index is 13.0. The number of hydrogen-bond acceptors (Lipinski definition) is 6. The van der Waals surface area contributed by atoms with Gasteiger partial charge < -0.3 is 0 Å². The van der Waals surface area contributed by atoms with Crippen LogP contribution in [-0.2, 0) is 13.0 Å². The third kappa shape index (κ3) is 3.50. The van der Waals surface area contributed by atoms with Gasteiger partial charge in [0.1, 0.15) is 5.01 Å². The van der Waals surface area contributed by atoms with Gasteiger partial charge in [0, 0.05) is 18.5 Å². The Balaban J connectivity index is 1.76. The minimum absolute atomic E-state index is 0.237. The highest BCUT2D eigenvalue weighted by Crippen LogP contribution is 2.26. The van der Waals surface area contributed by atoms with Gasteiger partial charge in [-0.2, -0.15) is 5.10 Å². The predicted octanol–water partition coefficient (Wildman–Crippen LogP) is 4.17. The quantitative estimate of drug-likeness (QED) is 0.532. The minimum Gasteiger partial charge on any atom is -0.296 e. The predicted molar refractivity (Wildman–Crippen MR) is 110 cm³/mol. The van der Waals surface area contributed by atoms with Crippen LogP contribution < -0.4 is 5.32 Å². The zero-order valence-corrected chi connectivity index (χ0v) is 16.5. The van der Waals surface area contributed by atoms with Gasteiger partial charge in [0.05, 0.1) is 22.8 Å². The molecule has 0 atom stereocenters. The monoisotopic (exact) mass is 392 g/mol. The Morgan fingerprint density at radius 1 is 1.18 bits per heavy atom. The molecule has 7 nitrogen and oxygen atoms in total. The first-order chi connectivity index (χ1) is 13.7. The van der Waals surface area contributed by atoms with Crippen molar-refractivity contribution in [2.75, 3.05) is 5.32 Å². The van der Waals surface area contributed by atoms with E-state index in [0.717, 1.165) is 34.5 Å². The fourth-order valence-electron chi connectivity index (χ4n) is 3.01. The molecule has 8 heteroatoms. The van der Waals surface area contributed by atoms with Gasteiger partial charge in [-0.25, -0.2) is 9.67 Å². The van der Waals surface area contributed by atoms with E-state index in [0.29, 0.717) is 22.9 Å². The van der Waals surface area contributed by atoms with Gasteiger partial charge in [-0.15, -0.1) is 10.2 Å². The van der Waals surface area contributed by atoms with Crippen LogP contribution in [0.5, 0.6) is 0 Å². The zero-order chi connectivity index (χ0) is 19.5. The molecule has 0 fully saturated rings. The van der Waals surface area contributed by atoms with Crippen molar-refractivity contribution in [1.29, 1.82) is 0 Å². The van der Waals surface area contributed by atoms with E-state index in [1.807, 2.05) is 43.3 Å². The third-order valence-corrected chi connectivity index (χ3v) is 5.27. The summed E-state index contributed by atoms with van der Waals surface area (Å²) in [6, 6.07) is 11.6. The average molecular weight is 392 g/mol. The van der Waals surface area contributed by atoms with E-state index >= 15 is 0 Å². The molecule has 4 aromatic rings. The molecule has 142 valence electrons. The lowest BCUT2D eigenvalue weighted by Gasteiger charge is -2.08. The van der Waals surface area contributed by atoms with Gasteiger partial charge in [-0.05, 0) is 19.4 Å². The Morgan fingerprint density at radius 2 is 2.00 bits per heavy atom. The lowest BCUT2D eigenvalue weighted by atomic mass is 10.1. The van der Waals surface area contributed by atoms with Crippen LogP contribution in [0.15, 0.2) is 42.6 Å². The molecule has 1 N–H and O–H groups in total. The Kier molecular flexibility index (Phi) is 5.12. The van der Waals surface area contributed by atoms with Crippen LogP contribution in [0.3, 0.4) is 0 Å². The van der Waals surface area contributed by atoms with Gasteiger partial charge in [-0.3, -0.25) is 10.1 Å². The molecule has 0 saturated carbocycles. The number of rotatable bonds is 6. The molecule has 1 amide bonds. The number of nitrogens with one attached hydrogen (secondary N) is 1. The Labute approximate surface area is 166 Å². The van der Waals surface area contributed by atoms with Gasteiger partial charge in [-0.1, -0.05) is 48.6 Å². The number of carbonyl (C=O) groups is 1. The summed E-state index contributed by atoms with van der Waals surface area (Å²) in [5.74, 6) is -0.237. The van der Waals surface area contributed by atoms with Crippen LogP contribution in [0.4, 0.5) is 5.13 Å². The first kappa shape index (κ1) is 18.2. The van der Waals surface area contributed by atoms with E-state index in [1.165, 1.54) is 11.3 Å². The number of aryl methyl sites for hydroxylation is 2. The molecule has 1 aromatic carbocycles. The molecule has 0 aliphatic carbocycles. The van der Waals surface area contributed by atoms with Gasteiger partial charge in [0.2, 0.25) is 5.13 Å². The van der Waals surface area contributed by atoms with Crippen molar-refractivity contribution in [2.45, 2.75) is 33.2 Å². The normalized spacial score (nSPS) is 11.1. The smallest absolute Gasteiger partial charge is 0.258 e. The minimum atomic E-state index is -0.237. The number of anilines is 1. The van der Waals surface area contributed by atoms with Crippen LogP contribution in [0, 0.1) is 0 Å². The first-order valence-electron chi connectivity index (χ1n) is 9.25. The summed E-state index contributed by atoms with van der Waals surface area (Å²) in [6.07, 6.45) is 3.54. The molecule has 28 heavy (non-hydrogen) atoms. The van der Waals surface area contributed by atoms with Gasteiger partial charge in [0.15, 0.2) is 5.65 Å². The lowest BCUT2D eigenvalue weighted by molar-refractivity contribution is 0.102. The standard InChI is InChI=1S/C20H20N6OS/c1-3-8-17-24-25-20(28-17)23-19(27)14-11-16(13-9-6-5-7-10-13)22-18-15(14)12-21-26(18)4-2/h5-7,9-12H,3-4,8H2,1-2H3,(H,23,25,27). The molecule has 0 aliphatic rings. The number of hydrogen-bond donors (Lipinski definition) is 1. The average Bonchev–Trinajstić information content (AvgIpc) is 3.34. The summed E-state index contributed by atoms with van der Waals surface area (Å²) in [6.45, 7) is 4.76. The highest BCUT2D eigenvalue weighted by Gasteiger charge is 2.18. The molecule has 3 aromatic heterocycles. The topological polar surface area (TPSA) is 85.6 Å². The van der Waals surface area contributed by atoms with Crippen LogP contribution in [0.2, 0.25) is 0 Å². The number of pyridine rings is 1. The van der Waals surface area contributed by atoms with Crippen molar-refractivity contribution in [2.24, 2.45) is 0 Å². The molecule has 0 saturated heterocycles. The highest BCUT2D eigenvalue weighted by atomic mass is 32.1. The first-order valence-corrected chi connectivity index (χ1v) is 10.1. The number of aromatic nitrogens is 5.